The zero-order chi connectivity index (χ0) is 13.2. The smallest absolute Gasteiger partial charge is 0.312 e. The Bertz CT molecular complexity index is 357. The highest BCUT2D eigenvalue weighted by atomic mass is 16.4. The maximum atomic E-state index is 11.9. The summed E-state index contributed by atoms with van der Waals surface area (Å²) in [5, 5.41) is 11.3. The van der Waals surface area contributed by atoms with Crippen LogP contribution in [0.3, 0.4) is 0 Å². The van der Waals surface area contributed by atoms with E-state index in [2.05, 4.69) is 5.32 Å². The number of hydrogen-bond acceptors (Lipinski definition) is 3. The molecule has 2 unspecified atom stereocenters. The lowest BCUT2D eigenvalue weighted by Crippen LogP contribution is -2.48. The Morgan fingerprint density at radius 1 is 1.47 bits per heavy atom. The zero-order valence-corrected chi connectivity index (χ0v) is 9.90. The molecule has 0 aromatic carbocycles. The van der Waals surface area contributed by atoms with E-state index in [-0.39, 0.29) is 12.5 Å². The third kappa shape index (κ3) is 2.86. The second kappa shape index (κ2) is 4.60. The van der Waals surface area contributed by atoms with Crippen molar-refractivity contribution in [2.75, 3.05) is 13.1 Å². The second-order valence-corrected chi connectivity index (χ2v) is 4.61. The van der Waals surface area contributed by atoms with Crippen LogP contribution in [0.1, 0.15) is 20.3 Å². The molecule has 96 valence electrons. The number of amides is 3. The molecule has 7 heteroatoms. The Morgan fingerprint density at radius 2 is 2.06 bits per heavy atom. The first-order valence-electron chi connectivity index (χ1n) is 5.34. The summed E-state index contributed by atoms with van der Waals surface area (Å²) in [5.41, 5.74) is 4.02. The minimum absolute atomic E-state index is 0.159. The summed E-state index contributed by atoms with van der Waals surface area (Å²) in [6, 6.07) is -1.50. The fourth-order valence-electron chi connectivity index (χ4n) is 1.87. The number of carbonyl (C=O) groups excluding carboxylic acids is 2. The molecule has 17 heavy (non-hydrogen) atoms. The summed E-state index contributed by atoms with van der Waals surface area (Å²) >= 11 is 0. The number of urea groups is 1. The average Bonchev–Trinajstić information content (AvgIpc) is 2.60. The van der Waals surface area contributed by atoms with Crippen molar-refractivity contribution in [3.8, 4) is 0 Å². The molecule has 1 fully saturated rings. The molecule has 1 aliphatic rings. The summed E-state index contributed by atoms with van der Waals surface area (Å²) in [7, 11) is 0. The molecule has 4 N–H and O–H groups in total. The molecule has 1 saturated heterocycles. The molecule has 1 aliphatic heterocycles. The Hall–Kier alpha value is -1.79. The average molecular weight is 243 g/mol. The van der Waals surface area contributed by atoms with Crippen molar-refractivity contribution < 1.29 is 19.5 Å². The number of hydrogen-bond donors (Lipinski definition) is 3. The normalized spacial score (nSPS) is 25.4. The lowest BCUT2D eigenvalue weighted by atomic mass is 9.90. The molecule has 0 saturated carbocycles. The van der Waals surface area contributed by atoms with Crippen LogP contribution in [0, 0.1) is 5.41 Å². The summed E-state index contributed by atoms with van der Waals surface area (Å²) in [4.78, 5) is 34.9. The van der Waals surface area contributed by atoms with Gasteiger partial charge in [-0.2, -0.15) is 0 Å². The van der Waals surface area contributed by atoms with Crippen LogP contribution in [0.15, 0.2) is 0 Å². The van der Waals surface area contributed by atoms with Gasteiger partial charge in [0, 0.05) is 13.1 Å². The predicted octanol–water partition coefficient (Wildman–Crippen LogP) is -0.634. The number of primary amides is 1. The topological polar surface area (TPSA) is 113 Å². The number of aliphatic carboxylic acids is 1. The number of nitrogens with two attached hydrogens (primary N) is 1. The Kier molecular flexibility index (Phi) is 3.59. The first-order valence-corrected chi connectivity index (χ1v) is 5.34. The van der Waals surface area contributed by atoms with E-state index >= 15 is 0 Å². The van der Waals surface area contributed by atoms with Gasteiger partial charge in [-0.15, -0.1) is 0 Å². The SMILES string of the molecule is CC(NC(N)=O)C(=O)N1CCC(C)(C(=O)O)C1. The van der Waals surface area contributed by atoms with E-state index in [9.17, 15) is 14.4 Å². The number of nitrogens with one attached hydrogen (secondary N) is 1. The molecule has 1 heterocycles. The monoisotopic (exact) mass is 243 g/mol. The third-order valence-corrected chi connectivity index (χ3v) is 3.03. The van der Waals surface area contributed by atoms with Crippen molar-refractivity contribution in [2.24, 2.45) is 11.1 Å². The van der Waals surface area contributed by atoms with Gasteiger partial charge in [0.05, 0.1) is 5.41 Å². The maximum absolute atomic E-state index is 11.9. The molecule has 0 aliphatic carbocycles. The Morgan fingerprint density at radius 3 is 2.47 bits per heavy atom. The number of carboxylic acids is 1. The highest BCUT2D eigenvalue weighted by molar-refractivity contribution is 5.87. The minimum Gasteiger partial charge on any atom is -0.481 e. The lowest BCUT2D eigenvalue weighted by Gasteiger charge is -2.23. The molecule has 7 nitrogen and oxygen atoms in total. The van der Waals surface area contributed by atoms with Gasteiger partial charge in [-0.1, -0.05) is 0 Å². The Balaban J connectivity index is 2.62. The van der Waals surface area contributed by atoms with Gasteiger partial charge in [-0.3, -0.25) is 9.59 Å². The van der Waals surface area contributed by atoms with Crippen LogP contribution in [0.2, 0.25) is 0 Å². The van der Waals surface area contributed by atoms with Crippen LogP contribution in [-0.4, -0.2) is 47.0 Å². The van der Waals surface area contributed by atoms with Crippen LogP contribution in [0.25, 0.3) is 0 Å². The molecule has 2 atom stereocenters. The fraction of sp³-hybridized carbons (Fsp3) is 0.700. The van der Waals surface area contributed by atoms with E-state index in [1.807, 2.05) is 0 Å². The van der Waals surface area contributed by atoms with Crippen LogP contribution >= 0.6 is 0 Å². The largest absolute Gasteiger partial charge is 0.481 e. The minimum atomic E-state index is -0.914. The van der Waals surface area contributed by atoms with Gasteiger partial charge in [0.15, 0.2) is 0 Å². The summed E-state index contributed by atoms with van der Waals surface area (Å²) in [5.74, 6) is -1.22. The quantitative estimate of drug-likeness (QED) is 0.612. The lowest BCUT2D eigenvalue weighted by molar-refractivity contribution is -0.147. The van der Waals surface area contributed by atoms with Gasteiger partial charge in [-0.25, -0.2) is 4.79 Å². The number of likely N-dealkylation sites (tertiary alicyclic amines) is 1. The third-order valence-electron chi connectivity index (χ3n) is 3.03. The van der Waals surface area contributed by atoms with Crippen LogP contribution in [-0.2, 0) is 9.59 Å². The van der Waals surface area contributed by atoms with E-state index in [1.165, 1.54) is 11.8 Å². The van der Waals surface area contributed by atoms with Crippen molar-refractivity contribution in [3.63, 3.8) is 0 Å². The molecular weight excluding hydrogens is 226 g/mol. The highest BCUT2D eigenvalue weighted by Crippen LogP contribution is 2.30. The van der Waals surface area contributed by atoms with Crippen molar-refractivity contribution in [1.82, 2.24) is 10.2 Å². The highest BCUT2D eigenvalue weighted by Gasteiger charge is 2.42. The van der Waals surface area contributed by atoms with Crippen molar-refractivity contribution >= 4 is 17.9 Å². The number of rotatable bonds is 3. The molecule has 1 rings (SSSR count). The first-order chi connectivity index (χ1) is 7.76. The van der Waals surface area contributed by atoms with Crippen molar-refractivity contribution in [3.05, 3.63) is 0 Å². The van der Waals surface area contributed by atoms with E-state index in [0.717, 1.165) is 0 Å². The molecule has 3 amide bonds. The predicted molar refractivity (Wildman–Crippen MR) is 59.1 cm³/mol. The molecule has 0 aromatic heterocycles. The second-order valence-electron chi connectivity index (χ2n) is 4.61. The first kappa shape index (κ1) is 13.3. The van der Waals surface area contributed by atoms with E-state index in [1.54, 1.807) is 6.92 Å². The van der Waals surface area contributed by atoms with E-state index in [4.69, 9.17) is 10.8 Å². The molecular formula is C10H17N3O4. The summed E-state index contributed by atoms with van der Waals surface area (Å²) in [6.07, 6.45) is 0.414. The maximum Gasteiger partial charge on any atom is 0.312 e. The van der Waals surface area contributed by atoms with Crippen LogP contribution in [0.5, 0.6) is 0 Å². The number of carbonyl (C=O) groups is 3. The van der Waals surface area contributed by atoms with Gasteiger partial charge in [0.1, 0.15) is 6.04 Å². The van der Waals surface area contributed by atoms with Crippen molar-refractivity contribution in [1.29, 1.82) is 0 Å². The van der Waals surface area contributed by atoms with Crippen molar-refractivity contribution in [2.45, 2.75) is 26.3 Å². The van der Waals surface area contributed by atoms with Gasteiger partial charge in [0.2, 0.25) is 5.91 Å². The van der Waals surface area contributed by atoms with Gasteiger partial charge >= 0.3 is 12.0 Å². The van der Waals surface area contributed by atoms with E-state index < -0.39 is 23.5 Å². The fourth-order valence-corrected chi connectivity index (χ4v) is 1.87. The standard InChI is InChI=1S/C10H17N3O4/c1-6(12-9(11)17)7(14)13-4-3-10(2,5-13)8(15)16/h6H,3-5H2,1-2H3,(H,15,16)(H3,11,12,17). The van der Waals surface area contributed by atoms with Gasteiger partial charge < -0.3 is 21.1 Å². The number of nitrogens with zero attached hydrogens (tertiary/aromatic N) is 1. The molecule has 0 spiro atoms. The molecule has 0 radical (unpaired) electrons. The molecule has 0 aromatic rings. The van der Waals surface area contributed by atoms with Gasteiger partial charge in [0.25, 0.3) is 0 Å². The summed E-state index contributed by atoms with van der Waals surface area (Å²) < 4.78 is 0. The summed E-state index contributed by atoms with van der Waals surface area (Å²) in [6.45, 7) is 3.66. The molecule has 0 bridgehead atoms. The van der Waals surface area contributed by atoms with E-state index in [0.29, 0.717) is 13.0 Å². The zero-order valence-electron chi connectivity index (χ0n) is 9.90. The number of carboxylic acid groups (broad SMARTS) is 1. The Labute approximate surface area is 98.9 Å². The van der Waals surface area contributed by atoms with Crippen LogP contribution < -0.4 is 11.1 Å². The van der Waals surface area contributed by atoms with Crippen LogP contribution in [0.4, 0.5) is 4.79 Å². The van der Waals surface area contributed by atoms with Gasteiger partial charge in [-0.05, 0) is 20.3 Å².